The van der Waals surface area contributed by atoms with Gasteiger partial charge in [-0.1, -0.05) is 58.4 Å². The SMILES string of the molecule is Brc1ccc(-c2ccccc2)cc1.C=O. The van der Waals surface area contributed by atoms with Gasteiger partial charge in [0, 0.05) is 4.47 Å². The number of hydrogen-bond acceptors (Lipinski definition) is 1. The Bertz CT molecular complexity index is 395. The number of benzene rings is 2. The summed E-state index contributed by atoms with van der Waals surface area (Å²) in [4.78, 5) is 8.00. The average Bonchev–Trinajstić information content (AvgIpc) is 2.34. The molecule has 0 aliphatic heterocycles. The van der Waals surface area contributed by atoms with Crippen LogP contribution in [-0.4, -0.2) is 6.79 Å². The van der Waals surface area contributed by atoms with Gasteiger partial charge in [-0.05, 0) is 23.3 Å². The first kappa shape index (κ1) is 11.7. The van der Waals surface area contributed by atoms with E-state index in [0.717, 1.165) is 4.47 Å². The van der Waals surface area contributed by atoms with Crippen LogP contribution in [0.2, 0.25) is 0 Å². The van der Waals surface area contributed by atoms with Crippen LogP contribution in [0, 0.1) is 0 Å². The summed E-state index contributed by atoms with van der Waals surface area (Å²) in [5.74, 6) is 0. The zero-order valence-electron chi connectivity index (χ0n) is 8.19. The summed E-state index contributed by atoms with van der Waals surface area (Å²) in [7, 11) is 0. The maximum atomic E-state index is 8.00. The van der Waals surface area contributed by atoms with Crippen LogP contribution in [0.5, 0.6) is 0 Å². The zero-order valence-corrected chi connectivity index (χ0v) is 9.78. The Morgan fingerprint density at radius 2 is 1.20 bits per heavy atom. The molecular weight excluding hydrogens is 252 g/mol. The molecule has 0 saturated carbocycles. The predicted molar refractivity (Wildman–Crippen MR) is 66.7 cm³/mol. The number of carbonyl (C=O) groups excluding carboxylic acids is 1. The van der Waals surface area contributed by atoms with Crippen molar-refractivity contribution in [1.82, 2.24) is 0 Å². The maximum Gasteiger partial charge on any atom is 0.106 e. The van der Waals surface area contributed by atoms with Gasteiger partial charge in [0.15, 0.2) is 0 Å². The van der Waals surface area contributed by atoms with E-state index in [0.29, 0.717) is 0 Å². The molecule has 0 saturated heterocycles. The van der Waals surface area contributed by atoms with Crippen molar-refractivity contribution in [2.45, 2.75) is 0 Å². The predicted octanol–water partition coefficient (Wildman–Crippen LogP) is 3.93. The van der Waals surface area contributed by atoms with Crippen LogP contribution in [0.1, 0.15) is 0 Å². The first-order valence-electron chi connectivity index (χ1n) is 4.46. The van der Waals surface area contributed by atoms with Crippen LogP contribution >= 0.6 is 15.9 Å². The quantitative estimate of drug-likeness (QED) is 0.761. The highest BCUT2D eigenvalue weighted by atomic mass is 79.9. The van der Waals surface area contributed by atoms with E-state index in [1.807, 2.05) is 12.9 Å². The summed E-state index contributed by atoms with van der Waals surface area (Å²) in [5, 5.41) is 0. The molecule has 76 valence electrons. The lowest BCUT2D eigenvalue weighted by Crippen LogP contribution is -1.75. The third-order valence-electron chi connectivity index (χ3n) is 1.95. The monoisotopic (exact) mass is 262 g/mol. The number of hydrogen-bond donors (Lipinski definition) is 0. The molecule has 2 heteroatoms. The van der Waals surface area contributed by atoms with Gasteiger partial charge >= 0.3 is 0 Å². The Morgan fingerprint density at radius 1 is 0.733 bits per heavy atom. The molecule has 1 nitrogen and oxygen atoms in total. The van der Waals surface area contributed by atoms with Crippen LogP contribution in [0.15, 0.2) is 59.1 Å². The number of rotatable bonds is 1. The van der Waals surface area contributed by atoms with Crippen LogP contribution in [-0.2, 0) is 4.79 Å². The van der Waals surface area contributed by atoms with E-state index in [4.69, 9.17) is 4.79 Å². The molecule has 0 aliphatic rings. The van der Waals surface area contributed by atoms with Crippen molar-refractivity contribution in [2.24, 2.45) is 0 Å². The van der Waals surface area contributed by atoms with Gasteiger partial charge in [0.25, 0.3) is 0 Å². The van der Waals surface area contributed by atoms with Crippen molar-refractivity contribution in [1.29, 1.82) is 0 Å². The molecule has 0 aromatic heterocycles. The van der Waals surface area contributed by atoms with Gasteiger partial charge in [-0.2, -0.15) is 0 Å². The average molecular weight is 263 g/mol. The maximum absolute atomic E-state index is 8.00. The van der Waals surface area contributed by atoms with Gasteiger partial charge in [0.2, 0.25) is 0 Å². The van der Waals surface area contributed by atoms with E-state index in [1.54, 1.807) is 0 Å². The second kappa shape index (κ2) is 6.14. The van der Waals surface area contributed by atoms with Crippen LogP contribution in [0.3, 0.4) is 0 Å². The molecule has 15 heavy (non-hydrogen) atoms. The Morgan fingerprint density at radius 3 is 1.73 bits per heavy atom. The van der Waals surface area contributed by atoms with E-state index < -0.39 is 0 Å². The largest absolute Gasteiger partial charge is 0.307 e. The van der Waals surface area contributed by atoms with Gasteiger partial charge in [-0.15, -0.1) is 0 Å². The van der Waals surface area contributed by atoms with Crippen molar-refractivity contribution in [3.05, 3.63) is 59.1 Å². The van der Waals surface area contributed by atoms with E-state index >= 15 is 0 Å². The van der Waals surface area contributed by atoms with E-state index in [1.165, 1.54) is 11.1 Å². The van der Waals surface area contributed by atoms with E-state index in [-0.39, 0.29) is 0 Å². The number of carbonyl (C=O) groups is 1. The van der Waals surface area contributed by atoms with Gasteiger partial charge in [-0.25, -0.2) is 0 Å². The minimum absolute atomic E-state index is 1.12. The Balaban J connectivity index is 0.000000531. The van der Waals surface area contributed by atoms with Crippen molar-refractivity contribution in [3.8, 4) is 11.1 Å². The molecule has 2 rings (SSSR count). The topological polar surface area (TPSA) is 17.1 Å². The minimum Gasteiger partial charge on any atom is -0.307 e. The Labute approximate surface area is 97.9 Å². The summed E-state index contributed by atoms with van der Waals surface area (Å²) >= 11 is 3.42. The minimum atomic E-state index is 1.12. The zero-order chi connectivity index (χ0) is 11.1. The van der Waals surface area contributed by atoms with Crippen molar-refractivity contribution in [3.63, 3.8) is 0 Å². The Kier molecular flexibility index (Phi) is 4.78. The normalized spacial score (nSPS) is 8.87. The summed E-state index contributed by atoms with van der Waals surface area (Å²) < 4.78 is 1.12. The highest BCUT2D eigenvalue weighted by Crippen LogP contribution is 2.20. The summed E-state index contributed by atoms with van der Waals surface area (Å²) in [6, 6.07) is 18.7. The molecule has 0 N–H and O–H groups in total. The second-order valence-corrected chi connectivity index (χ2v) is 3.79. The van der Waals surface area contributed by atoms with Crippen molar-refractivity contribution in [2.75, 3.05) is 0 Å². The molecule has 0 radical (unpaired) electrons. The summed E-state index contributed by atoms with van der Waals surface area (Å²) in [5.41, 5.74) is 2.51. The molecule has 0 heterocycles. The molecule has 0 aliphatic carbocycles. The lowest BCUT2D eigenvalue weighted by atomic mass is 10.1. The molecule has 0 unspecified atom stereocenters. The molecular formula is C13H11BrO. The highest BCUT2D eigenvalue weighted by Gasteiger charge is 1.94. The van der Waals surface area contributed by atoms with E-state index in [9.17, 15) is 0 Å². The van der Waals surface area contributed by atoms with Crippen molar-refractivity contribution >= 4 is 22.7 Å². The van der Waals surface area contributed by atoms with Gasteiger partial charge in [-0.3, -0.25) is 0 Å². The fourth-order valence-electron chi connectivity index (χ4n) is 1.27. The molecule has 2 aromatic carbocycles. The third-order valence-corrected chi connectivity index (χ3v) is 2.48. The van der Waals surface area contributed by atoms with E-state index in [2.05, 4.69) is 64.5 Å². The smallest absolute Gasteiger partial charge is 0.106 e. The lowest BCUT2D eigenvalue weighted by Gasteiger charge is -2.00. The summed E-state index contributed by atoms with van der Waals surface area (Å²) in [6.07, 6.45) is 0. The number of halogens is 1. The first-order chi connectivity index (χ1) is 7.36. The molecule has 0 atom stereocenters. The Hall–Kier alpha value is -1.41. The van der Waals surface area contributed by atoms with Crippen molar-refractivity contribution < 1.29 is 4.79 Å². The molecule has 0 bridgehead atoms. The van der Waals surface area contributed by atoms with Crippen LogP contribution < -0.4 is 0 Å². The van der Waals surface area contributed by atoms with Gasteiger partial charge < -0.3 is 4.79 Å². The van der Waals surface area contributed by atoms with Gasteiger partial charge in [0.1, 0.15) is 6.79 Å². The molecule has 0 amide bonds. The van der Waals surface area contributed by atoms with Crippen LogP contribution in [0.4, 0.5) is 0 Å². The third kappa shape index (κ3) is 3.33. The van der Waals surface area contributed by atoms with Gasteiger partial charge in [0.05, 0.1) is 0 Å². The fraction of sp³-hybridized carbons (Fsp3) is 0. The molecule has 2 aromatic rings. The first-order valence-corrected chi connectivity index (χ1v) is 5.25. The van der Waals surface area contributed by atoms with Crippen LogP contribution in [0.25, 0.3) is 11.1 Å². The highest BCUT2D eigenvalue weighted by molar-refractivity contribution is 9.10. The molecule has 0 spiro atoms. The standard InChI is InChI=1S/C12H9Br.CH2O/c13-12-8-6-11(7-9-12)10-4-2-1-3-5-10;1-2/h1-9H;1H2. The second-order valence-electron chi connectivity index (χ2n) is 2.87. The summed E-state index contributed by atoms with van der Waals surface area (Å²) in [6.45, 7) is 2.00. The molecule has 0 fully saturated rings. The lowest BCUT2D eigenvalue weighted by molar-refractivity contribution is -0.0979. The fourth-order valence-corrected chi connectivity index (χ4v) is 1.54.